The second-order valence-electron chi connectivity index (χ2n) is 10.7. The average Bonchev–Trinajstić information content (AvgIpc) is 2.93. The van der Waals surface area contributed by atoms with Gasteiger partial charge in [0.05, 0.1) is 88.7 Å². The normalized spacial score (nSPS) is 12.4. The zero-order valence-electron chi connectivity index (χ0n) is 24.4. The third-order valence-corrected chi connectivity index (χ3v) is 8.43. The van der Waals surface area contributed by atoms with E-state index >= 15 is 0 Å². The van der Waals surface area contributed by atoms with Crippen LogP contribution in [-0.2, 0) is 9.59 Å². The Morgan fingerprint density at radius 3 is 1.25 bits per heavy atom. The van der Waals surface area contributed by atoms with Gasteiger partial charge in [0.2, 0.25) is 11.8 Å². The SMILES string of the molecule is CC[N+](C)(CC)CCC(=O)Nc1cccc2c1C(=O)c1cccc(NC(=O)CC[N+](C)(CC)CC)c1C2=O.[I-].[I-]. The van der Waals surface area contributed by atoms with Gasteiger partial charge in [-0.3, -0.25) is 19.2 Å². The van der Waals surface area contributed by atoms with E-state index in [1.807, 2.05) is 0 Å². The number of fused-ring (bicyclic) bond motifs is 2. The fraction of sp³-hybridized carbons (Fsp3) is 0.467. The minimum Gasteiger partial charge on any atom is -1.00 e. The second-order valence-corrected chi connectivity index (χ2v) is 10.7. The lowest BCUT2D eigenvalue weighted by Gasteiger charge is -2.32. The standard InChI is InChI=1S/C30H40N4O4.2HI/c1-7-33(5,8-2)19-17-25(35)31-23-15-11-13-21-27(23)29(37)22-14-12-16-24(28(22)30(21)38)32-26(36)18-20-34(6,9-3)10-4;;/h11-16H,7-10,17-20H2,1-6H3;2*1H. The Labute approximate surface area is 272 Å². The maximum Gasteiger partial charge on any atom is 0.230 e. The number of nitrogens with zero attached hydrogens (tertiary/aromatic N) is 2. The molecule has 2 aromatic rings. The Balaban J connectivity index is 0.00000400. The minimum atomic E-state index is -0.342. The number of rotatable bonds is 12. The number of halogens is 2. The molecule has 0 unspecified atom stereocenters. The summed E-state index contributed by atoms with van der Waals surface area (Å²) in [6, 6.07) is 9.84. The molecule has 2 N–H and O–H groups in total. The van der Waals surface area contributed by atoms with Crippen LogP contribution in [-0.4, -0.2) is 85.7 Å². The Morgan fingerprint density at radius 1 is 0.625 bits per heavy atom. The predicted molar refractivity (Wildman–Crippen MR) is 151 cm³/mol. The molecular formula is C30H42I2N4O4. The van der Waals surface area contributed by atoms with Gasteiger partial charge in [0.25, 0.3) is 0 Å². The van der Waals surface area contributed by atoms with Gasteiger partial charge < -0.3 is 67.6 Å². The Morgan fingerprint density at radius 2 is 0.950 bits per heavy atom. The van der Waals surface area contributed by atoms with E-state index in [1.54, 1.807) is 36.4 Å². The van der Waals surface area contributed by atoms with Crippen molar-refractivity contribution in [3.63, 3.8) is 0 Å². The number of quaternary nitrogens is 2. The number of nitrogens with one attached hydrogen (secondary N) is 2. The van der Waals surface area contributed by atoms with Crippen LogP contribution in [0.1, 0.15) is 72.4 Å². The van der Waals surface area contributed by atoms with Crippen LogP contribution < -0.4 is 58.6 Å². The van der Waals surface area contributed by atoms with Crippen LogP contribution in [0.4, 0.5) is 11.4 Å². The molecule has 0 saturated carbocycles. The first-order valence-electron chi connectivity index (χ1n) is 13.6. The van der Waals surface area contributed by atoms with Crippen LogP contribution in [0, 0.1) is 0 Å². The summed E-state index contributed by atoms with van der Waals surface area (Å²) in [5.74, 6) is -1.07. The molecule has 0 atom stereocenters. The van der Waals surface area contributed by atoms with Crippen LogP contribution in [0.3, 0.4) is 0 Å². The highest BCUT2D eigenvalue weighted by Gasteiger charge is 2.34. The molecule has 10 heteroatoms. The molecule has 0 aromatic heterocycles. The molecule has 40 heavy (non-hydrogen) atoms. The molecule has 0 aliphatic heterocycles. The highest BCUT2D eigenvalue weighted by atomic mass is 127. The van der Waals surface area contributed by atoms with E-state index in [-0.39, 0.29) is 93.6 Å². The van der Waals surface area contributed by atoms with Crippen LogP contribution in [0.25, 0.3) is 0 Å². The number of carbonyl (C=O) groups is 4. The van der Waals surface area contributed by atoms with Gasteiger partial charge in [0, 0.05) is 11.1 Å². The summed E-state index contributed by atoms with van der Waals surface area (Å²) < 4.78 is 1.55. The highest BCUT2D eigenvalue weighted by molar-refractivity contribution is 6.32. The van der Waals surface area contributed by atoms with Crippen LogP contribution in [0.2, 0.25) is 0 Å². The number of amides is 2. The number of ketones is 2. The van der Waals surface area contributed by atoms with Crippen molar-refractivity contribution in [2.75, 3.05) is 64.0 Å². The van der Waals surface area contributed by atoms with Crippen molar-refractivity contribution < 1.29 is 76.1 Å². The number of carbonyl (C=O) groups excluding carboxylic acids is 4. The molecule has 0 radical (unpaired) electrons. The molecule has 0 saturated heterocycles. The average molecular weight is 776 g/mol. The van der Waals surface area contributed by atoms with Crippen molar-refractivity contribution in [1.29, 1.82) is 0 Å². The lowest BCUT2D eigenvalue weighted by atomic mass is 9.82. The smallest absolute Gasteiger partial charge is 0.230 e. The molecule has 3 rings (SSSR count). The van der Waals surface area contributed by atoms with E-state index < -0.39 is 0 Å². The molecule has 1 aliphatic carbocycles. The van der Waals surface area contributed by atoms with E-state index in [1.165, 1.54) is 0 Å². The fourth-order valence-electron chi connectivity index (χ4n) is 4.70. The highest BCUT2D eigenvalue weighted by Crippen LogP contribution is 2.35. The molecule has 8 nitrogen and oxygen atoms in total. The van der Waals surface area contributed by atoms with Gasteiger partial charge in [0.15, 0.2) is 11.6 Å². The number of hydrogen-bond acceptors (Lipinski definition) is 4. The maximum atomic E-state index is 13.6. The van der Waals surface area contributed by atoms with E-state index in [4.69, 9.17) is 0 Å². The quantitative estimate of drug-likeness (QED) is 0.166. The van der Waals surface area contributed by atoms with Crippen molar-refractivity contribution in [3.8, 4) is 0 Å². The van der Waals surface area contributed by atoms with Gasteiger partial charge in [-0.2, -0.15) is 0 Å². The van der Waals surface area contributed by atoms with Gasteiger partial charge in [-0.15, -0.1) is 0 Å². The van der Waals surface area contributed by atoms with Crippen molar-refractivity contribution in [3.05, 3.63) is 58.7 Å². The van der Waals surface area contributed by atoms with Crippen LogP contribution in [0.15, 0.2) is 36.4 Å². The van der Waals surface area contributed by atoms with Gasteiger partial charge in [0.1, 0.15) is 0 Å². The lowest BCUT2D eigenvalue weighted by Crippen LogP contribution is -3.00. The van der Waals surface area contributed by atoms with Gasteiger partial charge in [-0.05, 0) is 39.8 Å². The molecule has 0 fully saturated rings. The van der Waals surface area contributed by atoms with Gasteiger partial charge in [-0.1, -0.05) is 24.3 Å². The topological polar surface area (TPSA) is 92.3 Å². The Bertz CT molecular complexity index is 1140. The first-order chi connectivity index (χ1) is 18.0. The summed E-state index contributed by atoms with van der Waals surface area (Å²) in [6.45, 7) is 13.4. The van der Waals surface area contributed by atoms with Crippen LogP contribution >= 0.6 is 0 Å². The predicted octanol–water partition coefficient (Wildman–Crippen LogP) is -1.90. The Kier molecular flexibility index (Phi) is 13.9. The van der Waals surface area contributed by atoms with Gasteiger partial charge >= 0.3 is 0 Å². The summed E-state index contributed by atoms with van der Waals surface area (Å²) in [5.41, 5.74) is 1.53. The summed E-state index contributed by atoms with van der Waals surface area (Å²) >= 11 is 0. The van der Waals surface area contributed by atoms with Crippen molar-refractivity contribution in [1.82, 2.24) is 0 Å². The molecule has 0 bridgehead atoms. The zero-order valence-corrected chi connectivity index (χ0v) is 28.7. The molecule has 220 valence electrons. The minimum absolute atomic E-state index is 0. The second kappa shape index (κ2) is 15.4. The first kappa shape index (κ1) is 36.1. The van der Waals surface area contributed by atoms with Crippen molar-refractivity contribution in [2.24, 2.45) is 0 Å². The molecule has 1 aliphatic rings. The van der Waals surface area contributed by atoms with E-state index in [9.17, 15) is 19.2 Å². The van der Waals surface area contributed by atoms with Crippen molar-refractivity contribution >= 4 is 34.8 Å². The van der Waals surface area contributed by atoms with E-state index in [0.29, 0.717) is 37.3 Å². The number of anilines is 2. The summed E-state index contributed by atoms with van der Waals surface area (Å²) in [7, 11) is 4.22. The summed E-state index contributed by atoms with van der Waals surface area (Å²) in [5, 5.41) is 5.74. The van der Waals surface area contributed by atoms with Crippen molar-refractivity contribution in [2.45, 2.75) is 40.5 Å². The number of hydrogen-bond donors (Lipinski definition) is 2. The lowest BCUT2D eigenvalue weighted by molar-refractivity contribution is -0.905. The molecule has 0 spiro atoms. The molecule has 2 amide bonds. The van der Waals surface area contributed by atoms with E-state index in [2.05, 4.69) is 52.4 Å². The monoisotopic (exact) mass is 776 g/mol. The van der Waals surface area contributed by atoms with E-state index in [0.717, 1.165) is 35.1 Å². The molecular weight excluding hydrogens is 734 g/mol. The third-order valence-electron chi connectivity index (χ3n) is 8.43. The summed E-state index contributed by atoms with van der Waals surface area (Å²) in [4.78, 5) is 52.8. The fourth-order valence-corrected chi connectivity index (χ4v) is 4.70. The van der Waals surface area contributed by atoms with Gasteiger partial charge in [-0.25, -0.2) is 0 Å². The third kappa shape index (κ3) is 8.10. The maximum absolute atomic E-state index is 13.6. The first-order valence-corrected chi connectivity index (χ1v) is 13.6. The largest absolute Gasteiger partial charge is 1.00 e. The molecule has 0 heterocycles. The molecule has 2 aromatic carbocycles. The Hall–Kier alpha value is -1.90. The summed E-state index contributed by atoms with van der Waals surface area (Å²) in [6.07, 6.45) is 0.620. The number of benzene rings is 2. The van der Waals surface area contributed by atoms with Crippen LogP contribution in [0.5, 0.6) is 0 Å². The zero-order chi connectivity index (χ0) is 28.1.